The molecule has 3 nitrogen and oxygen atoms in total. The molecule has 0 aromatic heterocycles. The van der Waals surface area contributed by atoms with Crippen molar-refractivity contribution in [2.45, 2.75) is 39.0 Å². The van der Waals surface area contributed by atoms with Crippen molar-refractivity contribution in [2.75, 3.05) is 13.1 Å². The predicted molar refractivity (Wildman–Crippen MR) is 57.8 cm³/mol. The second kappa shape index (κ2) is 6.02. The van der Waals surface area contributed by atoms with Crippen LogP contribution in [0, 0.1) is 11.8 Å². The van der Waals surface area contributed by atoms with Gasteiger partial charge in [-0.15, -0.1) is 0 Å². The third-order valence-corrected chi connectivity index (χ3v) is 3.19. The molecule has 0 spiro atoms. The standard InChI is InChI=1S/C11H22N2O/c1-9(11(12)14)3-2-4-10-5-7-13-8-6-10/h9-10,13H,2-8H2,1H3,(H2,12,14). The first-order chi connectivity index (χ1) is 6.70. The molecule has 1 atom stereocenters. The van der Waals surface area contributed by atoms with E-state index in [9.17, 15) is 4.79 Å². The minimum Gasteiger partial charge on any atom is -0.369 e. The van der Waals surface area contributed by atoms with E-state index in [-0.39, 0.29) is 11.8 Å². The van der Waals surface area contributed by atoms with Gasteiger partial charge in [-0.25, -0.2) is 0 Å². The first-order valence-corrected chi connectivity index (χ1v) is 5.70. The summed E-state index contributed by atoms with van der Waals surface area (Å²) in [6, 6.07) is 0. The molecule has 0 aromatic carbocycles. The van der Waals surface area contributed by atoms with E-state index in [0.717, 1.165) is 31.8 Å². The van der Waals surface area contributed by atoms with E-state index < -0.39 is 0 Å². The Morgan fingerprint density at radius 2 is 2.14 bits per heavy atom. The molecule has 1 rings (SSSR count). The van der Waals surface area contributed by atoms with Crippen molar-refractivity contribution in [3.05, 3.63) is 0 Å². The van der Waals surface area contributed by atoms with E-state index >= 15 is 0 Å². The van der Waals surface area contributed by atoms with Crippen molar-refractivity contribution in [3.63, 3.8) is 0 Å². The number of piperidine rings is 1. The lowest BCUT2D eigenvalue weighted by atomic mass is 9.91. The maximum atomic E-state index is 10.8. The molecule has 1 aliphatic rings. The molecule has 1 saturated heterocycles. The van der Waals surface area contributed by atoms with Gasteiger partial charge in [-0.3, -0.25) is 4.79 Å². The smallest absolute Gasteiger partial charge is 0.220 e. The largest absolute Gasteiger partial charge is 0.369 e. The number of carbonyl (C=O) groups excluding carboxylic acids is 1. The van der Waals surface area contributed by atoms with Crippen LogP contribution in [0.2, 0.25) is 0 Å². The Kier molecular flexibility index (Phi) is 4.94. The Morgan fingerprint density at radius 1 is 1.50 bits per heavy atom. The van der Waals surface area contributed by atoms with E-state index in [0.29, 0.717) is 0 Å². The first kappa shape index (κ1) is 11.5. The maximum Gasteiger partial charge on any atom is 0.220 e. The summed E-state index contributed by atoms with van der Waals surface area (Å²) in [5.74, 6) is 0.767. The molecule has 0 aromatic rings. The van der Waals surface area contributed by atoms with Crippen LogP contribution in [0.25, 0.3) is 0 Å². The summed E-state index contributed by atoms with van der Waals surface area (Å²) >= 11 is 0. The van der Waals surface area contributed by atoms with Crippen molar-refractivity contribution in [3.8, 4) is 0 Å². The zero-order chi connectivity index (χ0) is 10.4. The molecule has 3 N–H and O–H groups in total. The van der Waals surface area contributed by atoms with Gasteiger partial charge >= 0.3 is 0 Å². The van der Waals surface area contributed by atoms with Crippen LogP contribution < -0.4 is 11.1 Å². The molecule has 0 radical (unpaired) electrons. The van der Waals surface area contributed by atoms with Gasteiger partial charge in [-0.2, -0.15) is 0 Å². The summed E-state index contributed by atoms with van der Waals surface area (Å²) in [4.78, 5) is 10.8. The van der Waals surface area contributed by atoms with Crippen LogP contribution in [-0.4, -0.2) is 19.0 Å². The minimum atomic E-state index is -0.157. The fourth-order valence-corrected chi connectivity index (χ4v) is 2.03. The first-order valence-electron chi connectivity index (χ1n) is 5.70. The Labute approximate surface area is 86.4 Å². The maximum absolute atomic E-state index is 10.8. The molecule has 1 amide bonds. The van der Waals surface area contributed by atoms with E-state index in [1.54, 1.807) is 0 Å². The summed E-state index contributed by atoms with van der Waals surface area (Å²) in [5.41, 5.74) is 5.21. The Balaban J connectivity index is 2.05. The molecular weight excluding hydrogens is 176 g/mol. The Hall–Kier alpha value is -0.570. The zero-order valence-corrected chi connectivity index (χ0v) is 9.09. The lowest BCUT2D eigenvalue weighted by Crippen LogP contribution is -2.28. The fourth-order valence-electron chi connectivity index (χ4n) is 2.03. The molecule has 1 fully saturated rings. The zero-order valence-electron chi connectivity index (χ0n) is 9.09. The minimum absolute atomic E-state index is 0.0525. The van der Waals surface area contributed by atoms with Crippen LogP contribution in [0.5, 0.6) is 0 Å². The third kappa shape index (κ3) is 4.09. The summed E-state index contributed by atoms with van der Waals surface area (Å²) < 4.78 is 0. The molecular formula is C11H22N2O. The topological polar surface area (TPSA) is 55.1 Å². The highest BCUT2D eigenvalue weighted by atomic mass is 16.1. The fraction of sp³-hybridized carbons (Fsp3) is 0.909. The SMILES string of the molecule is CC(CCCC1CCNCC1)C(N)=O. The van der Waals surface area contributed by atoms with Gasteiger partial charge in [0.15, 0.2) is 0 Å². The highest BCUT2D eigenvalue weighted by Gasteiger charge is 2.14. The molecule has 1 heterocycles. The van der Waals surface area contributed by atoms with Crippen molar-refractivity contribution in [1.29, 1.82) is 0 Å². The van der Waals surface area contributed by atoms with E-state index in [2.05, 4.69) is 5.32 Å². The third-order valence-electron chi connectivity index (χ3n) is 3.19. The van der Waals surface area contributed by atoms with Gasteiger partial charge in [0, 0.05) is 5.92 Å². The number of amides is 1. The van der Waals surface area contributed by atoms with Gasteiger partial charge in [0.25, 0.3) is 0 Å². The number of primary amides is 1. The van der Waals surface area contributed by atoms with Crippen LogP contribution in [0.1, 0.15) is 39.0 Å². The van der Waals surface area contributed by atoms with Crippen molar-refractivity contribution in [2.24, 2.45) is 17.6 Å². The second-order valence-electron chi connectivity index (χ2n) is 4.43. The number of hydrogen-bond acceptors (Lipinski definition) is 2. The number of carbonyl (C=O) groups is 1. The average Bonchev–Trinajstić information content (AvgIpc) is 2.19. The summed E-state index contributed by atoms with van der Waals surface area (Å²) in [6.45, 7) is 4.25. The van der Waals surface area contributed by atoms with Gasteiger partial charge in [-0.1, -0.05) is 19.8 Å². The molecule has 1 unspecified atom stereocenters. The normalized spacial score (nSPS) is 20.6. The second-order valence-corrected chi connectivity index (χ2v) is 4.43. The molecule has 14 heavy (non-hydrogen) atoms. The average molecular weight is 198 g/mol. The van der Waals surface area contributed by atoms with Crippen LogP contribution in [-0.2, 0) is 4.79 Å². The molecule has 0 aliphatic carbocycles. The monoisotopic (exact) mass is 198 g/mol. The Morgan fingerprint density at radius 3 is 2.71 bits per heavy atom. The lowest BCUT2D eigenvalue weighted by Gasteiger charge is -2.22. The molecule has 0 saturated carbocycles. The van der Waals surface area contributed by atoms with Gasteiger partial charge in [0.2, 0.25) is 5.91 Å². The van der Waals surface area contributed by atoms with Crippen molar-refractivity contribution in [1.82, 2.24) is 5.32 Å². The van der Waals surface area contributed by atoms with Gasteiger partial charge < -0.3 is 11.1 Å². The highest BCUT2D eigenvalue weighted by Crippen LogP contribution is 2.20. The van der Waals surface area contributed by atoms with Gasteiger partial charge in [0.05, 0.1) is 0 Å². The van der Waals surface area contributed by atoms with Crippen LogP contribution >= 0.6 is 0 Å². The lowest BCUT2D eigenvalue weighted by molar-refractivity contribution is -0.121. The van der Waals surface area contributed by atoms with Gasteiger partial charge in [-0.05, 0) is 38.3 Å². The summed E-state index contributed by atoms with van der Waals surface area (Å²) in [6.07, 6.45) is 5.96. The van der Waals surface area contributed by atoms with E-state index in [4.69, 9.17) is 5.73 Å². The Bertz CT molecular complexity index is 176. The highest BCUT2D eigenvalue weighted by molar-refractivity contribution is 5.76. The number of hydrogen-bond donors (Lipinski definition) is 2. The quantitative estimate of drug-likeness (QED) is 0.699. The van der Waals surface area contributed by atoms with E-state index in [1.807, 2.05) is 6.92 Å². The molecule has 0 bridgehead atoms. The summed E-state index contributed by atoms with van der Waals surface area (Å²) in [5, 5.41) is 3.36. The molecule has 82 valence electrons. The molecule has 3 heteroatoms. The number of rotatable bonds is 5. The van der Waals surface area contributed by atoms with Crippen LogP contribution in [0.15, 0.2) is 0 Å². The number of nitrogens with two attached hydrogens (primary N) is 1. The van der Waals surface area contributed by atoms with E-state index in [1.165, 1.54) is 19.3 Å². The van der Waals surface area contributed by atoms with Crippen LogP contribution in [0.3, 0.4) is 0 Å². The van der Waals surface area contributed by atoms with Gasteiger partial charge in [0.1, 0.15) is 0 Å². The predicted octanol–water partition coefficient (Wildman–Crippen LogP) is 1.28. The molecule has 1 aliphatic heterocycles. The number of nitrogens with one attached hydrogen (secondary N) is 1. The van der Waals surface area contributed by atoms with Crippen molar-refractivity contribution >= 4 is 5.91 Å². The van der Waals surface area contributed by atoms with Crippen molar-refractivity contribution < 1.29 is 4.79 Å². The van der Waals surface area contributed by atoms with Crippen LogP contribution in [0.4, 0.5) is 0 Å². The summed E-state index contributed by atoms with van der Waals surface area (Å²) in [7, 11) is 0.